The first kappa shape index (κ1) is 13.7. The molecular weight excluding hydrogens is 254 g/mol. The van der Waals surface area contributed by atoms with E-state index in [0.29, 0.717) is 12.0 Å². The Kier molecular flexibility index (Phi) is 4.20. The van der Waals surface area contributed by atoms with Gasteiger partial charge in [0, 0.05) is 17.6 Å². The van der Waals surface area contributed by atoms with E-state index in [-0.39, 0.29) is 0 Å². The van der Waals surface area contributed by atoms with Crippen molar-refractivity contribution in [3.8, 4) is 0 Å². The molecule has 0 bridgehead atoms. The predicted octanol–water partition coefficient (Wildman–Crippen LogP) is 5.16. The van der Waals surface area contributed by atoms with Crippen molar-refractivity contribution in [2.75, 3.05) is 5.32 Å². The van der Waals surface area contributed by atoms with Crippen LogP contribution in [0.3, 0.4) is 0 Å². The molecule has 1 heteroatoms. The number of nitrogens with one attached hydrogen (secondary N) is 1. The molecule has 0 fully saturated rings. The molecule has 0 radical (unpaired) electrons. The highest BCUT2D eigenvalue weighted by Crippen LogP contribution is 2.28. The lowest BCUT2D eigenvalue weighted by atomic mass is 9.88. The zero-order chi connectivity index (χ0) is 14.5. The summed E-state index contributed by atoms with van der Waals surface area (Å²) in [6.45, 7) is 2.27. The molecule has 2 aromatic carbocycles. The van der Waals surface area contributed by atoms with E-state index in [9.17, 15) is 0 Å². The molecule has 0 spiro atoms. The van der Waals surface area contributed by atoms with E-state index in [2.05, 4.69) is 85.1 Å². The molecule has 2 aromatic rings. The molecule has 2 atom stereocenters. The summed E-state index contributed by atoms with van der Waals surface area (Å²) in [6, 6.07) is 21.5. The molecule has 0 saturated carbocycles. The number of rotatable bonds is 4. The minimum Gasteiger partial charge on any atom is -0.379 e. The van der Waals surface area contributed by atoms with Crippen LogP contribution in [0, 0.1) is 0 Å². The SMILES string of the molecule is CC(C1=CCC(Nc2ccccc2)C=C1)c1ccccc1. The van der Waals surface area contributed by atoms with Crippen LogP contribution in [0.25, 0.3) is 0 Å². The van der Waals surface area contributed by atoms with Crippen molar-refractivity contribution in [1.29, 1.82) is 0 Å². The Morgan fingerprint density at radius 3 is 2.24 bits per heavy atom. The molecule has 0 heterocycles. The molecule has 2 unspecified atom stereocenters. The second-order valence-electron chi connectivity index (χ2n) is 5.55. The smallest absolute Gasteiger partial charge is 0.0482 e. The number of para-hydroxylation sites is 1. The van der Waals surface area contributed by atoms with Gasteiger partial charge in [-0.2, -0.15) is 0 Å². The molecule has 1 N–H and O–H groups in total. The maximum Gasteiger partial charge on any atom is 0.0482 e. The van der Waals surface area contributed by atoms with E-state index >= 15 is 0 Å². The van der Waals surface area contributed by atoms with Crippen LogP contribution in [-0.2, 0) is 0 Å². The van der Waals surface area contributed by atoms with Gasteiger partial charge in [-0.05, 0) is 29.7 Å². The Labute approximate surface area is 127 Å². The molecule has 0 amide bonds. The molecule has 21 heavy (non-hydrogen) atoms. The Hall–Kier alpha value is -2.28. The van der Waals surface area contributed by atoms with Crippen LogP contribution in [-0.4, -0.2) is 6.04 Å². The molecule has 3 rings (SSSR count). The van der Waals surface area contributed by atoms with Gasteiger partial charge < -0.3 is 5.32 Å². The lowest BCUT2D eigenvalue weighted by molar-refractivity contribution is 0.831. The van der Waals surface area contributed by atoms with Gasteiger partial charge in [-0.3, -0.25) is 0 Å². The Bertz CT molecular complexity index is 625. The van der Waals surface area contributed by atoms with Crippen molar-refractivity contribution in [1.82, 2.24) is 0 Å². The van der Waals surface area contributed by atoms with Gasteiger partial charge in [-0.15, -0.1) is 0 Å². The molecule has 0 saturated heterocycles. The minimum atomic E-state index is 0.388. The van der Waals surface area contributed by atoms with Crippen LogP contribution in [0.1, 0.15) is 24.8 Å². The van der Waals surface area contributed by atoms with E-state index < -0.39 is 0 Å². The molecule has 1 aliphatic carbocycles. The molecule has 1 nitrogen and oxygen atoms in total. The van der Waals surface area contributed by atoms with Gasteiger partial charge in [0.05, 0.1) is 0 Å². The predicted molar refractivity (Wildman–Crippen MR) is 90.5 cm³/mol. The fraction of sp³-hybridized carbons (Fsp3) is 0.200. The van der Waals surface area contributed by atoms with Crippen molar-refractivity contribution < 1.29 is 0 Å². The minimum absolute atomic E-state index is 0.388. The summed E-state index contributed by atoms with van der Waals surface area (Å²) in [4.78, 5) is 0. The first-order chi connectivity index (χ1) is 10.3. The number of hydrogen-bond donors (Lipinski definition) is 1. The Morgan fingerprint density at radius 2 is 1.62 bits per heavy atom. The van der Waals surface area contributed by atoms with Crippen molar-refractivity contribution in [2.45, 2.75) is 25.3 Å². The molecule has 0 aromatic heterocycles. The third-order valence-electron chi connectivity index (χ3n) is 4.05. The quantitative estimate of drug-likeness (QED) is 0.813. The maximum atomic E-state index is 3.55. The third kappa shape index (κ3) is 3.43. The fourth-order valence-corrected chi connectivity index (χ4v) is 2.75. The van der Waals surface area contributed by atoms with E-state index in [1.165, 1.54) is 16.8 Å². The van der Waals surface area contributed by atoms with Gasteiger partial charge in [0.2, 0.25) is 0 Å². The van der Waals surface area contributed by atoms with Crippen LogP contribution < -0.4 is 5.32 Å². The number of anilines is 1. The van der Waals surface area contributed by atoms with Gasteiger partial charge in [0.1, 0.15) is 0 Å². The molecule has 0 aliphatic heterocycles. The second kappa shape index (κ2) is 6.45. The maximum absolute atomic E-state index is 3.55. The summed E-state index contributed by atoms with van der Waals surface area (Å²) >= 11 is 0. The monoisotopic (exact) mass is 275 g/mol. The van der Waals surface area contributed by atoms with Crippen LogP contribution in [0.4, 0.5) is 5.69 Å². The highest BCUT2D eigenvalue weighted by molar-refractivity contribution is 5.46. The van der Waals surface area contributed by atoms with Crippen LogP contribution >= 0.6 is 0 Å². The van der Waals surface area contributed by atoms with Crippen LogP contribution in [0.5, 0.6) is 0 Å². The van der Waals surface area contributed by atoms with E-state index in [0.717, 1.165) is 6.42 Å². The van der Waals surface area contributed by atoms with Crippen LogP contribution in [0.2, 0.25) is 0 Å². The van der Waals surface area contributed by atoms with Crippen LogP contribution in [0.15, 0.2) is 84.5 Å². The highest BCUT2D eigenvalue weighted by Gasteiger charge is 2.14. The van der Waals surface area contributed by atoms with Crippen molar-refractivity contribution >= 4 is 5.69 Å². The average molecular weight is 275 g/mol. The summed E-state index contributed by atoms with van der Waals surface area (Å²) in [5, 5.41) is 3.55. The van der Waals surface area contributed by atoms with Gasteiger partial charge in [0.25, 0.3) is 0 Å². The summed E-state index contributed by atoms with van der Waals surface area (Å²) in [5.41, 5.74) is 3.97. The number of hydrogen-bond acceptors (Lipinski definition) is 1. The van der Waals surface area contributed by atoms with E-state index in [1.807, 2.05) is 6.07 Å². The molecule has 1 aliphatic rings. The summed E-state index contributed by atoms with van der Waals surface area (Å²) < 4.78 is 0. The van der Waals surface area contributed by atoms with Gasteiger partial charge >= 0.3 is 0 Å². The number of benzene rings is 2. The van der Waals surface area contributed by atoms with Gasteiger partial charge in [-0.25, -0.2) is 0 Å². The van der Waals surface area contributed by atoms with E-state index in [1.54, 1.807) is 0 Å². The van der Waals surface area contributed by atoms with E-state index in [4.69, 9.17) is 0 Å². The highest BCUT2D eigenvalue weighted by atomic mass is 14.9. The van der Waals surface area contributed by atoms with Crippen molar-refractivity contribution in [2.24, 2.45) is 0 Å². The normalized spacial score (nSPS) is 18.9. The number of allylic oxidation sites excluding steroid dienone is 2. The zero-order valence-corrected chi connectivity index (χ0v) is 12.4. The molecule has 106 valence electrons. The lowest BCUT2D eigenvalue weighted by Crippen LogP contribution is -2.18. The largest absolute Gasteiger partial charge is 0.379 e. The first-order valence-electron chi connectivity index (χ1n) is 7.58. The van der Waals surface area contributed by atoms with Crippen molar-refractivity contribution in [3.05, 3.63) is 90.0 Å². The lowest BCUT2D eigenvalue weighted by Gasteiger charge is -2.22. The topological polar surface area (TPSA) is 12.0 Å². The Balaban J connectivity index is 1.64. The summed E-state index contributed by atoms with van der Waals surface area (Å²) in [7, 11) is 0. The van der Waals surface area contributed by atoms with Gasteiger partial charge in [0.15, 0.2) is 0 Å². The summed E-state index contributed by atoms with van der Waals surface area (Å²) in [6.07, 6.45) is 7.94. The average Bonchev–Trinajstić information content (AvgIpc) is 2.57. The standard InChI is InChI=1S/C20H21N/c1-16(17-8-4-2-5-9-17)18-12-14-20(15-13-18)21-19-10-6-3-7-11-19/h2-14,16,20-21H,15H2,1H3. The molecular formula is C20H21N. The van der Waals surface area contributed by atoms with Gasteiger partial charge in [-0.1, -0.05) is 73.7 Å². The fourth-order valence-electron chi connectivity index (χ4n) is 2.75. The Morgan fingerprint density at radius 1 is 0.952 bits per heavy atom. The third-order valence-corrected chi connectivity index (χ3v) is 4.05. The van der Waals surface area contributed by atoms with Crippen molar-refractivity contribution in [3.63, 3.8) is 0 Å². The summed E-state index contributed by atoms with van der Waals surface area (Å²) in [5.74, 6) is 0.458. The first-order valence-corrected chi connectivity index (χ1v) is 7.58. The second-order valence-corrected chi connectivity index (χ2v) is 5.55. The zero-order valence-electron chi connectivity index (χ0n) is 12.4.